The van der Waals surface area contributed by atoms with Crippen LogP contribution in [0.1, 0.15) is 6.42 Å². The second kappa shape index (κ2) is 7.23. The van der Waals surface area contributed by atoms with Crippen LogP contribution in [0.3, 0.4) is 0 Å². The molecule has 23 heavy (non-hydrogen) atoms. The lowest BCUT2D eigenvalue weighted by Gasteiger charge is -2.26. The standard InChI is InChI=1S/C21H19NP/c22-17-10-18-23(19-11-4-1-5-12-19,20-13-6-2-7-14-20)21-15-8-3-9-16-21/h1-9,11-16H,10,18H2/q+1. The van der Waals surface area contributed by atoms with Crippen molar-refractivity contribution in [2.45, 2.75) is 6.42 Å². The molecule has 0 unspecified atom stereocenters. The molecule has 0 aliphatic heterocycles. The first kappa shape index (κ1) is 15.5. The van der Waals surface area contributed by atoms with Crippen LogP contribution in [0.15, 0.2) is 91.0 Å². The van der Waals surface area contributed by atoms with E-state index in [0.29, 0.717) is 6.42 Å². The van der Waals surface area contributed by atoms with Gasteiger partial charge in [-0.3, -0.25) is 0 Å². The fraction of sp³-hybridized carbons (Fsp3) is 0.0952. The Balaban J connectivity index is 2.28. The van der Waals surface area contributed by atoms with Gasteiger partial charge in [-0.2, -0.15) is 5.26 Å². The maximum absolute atomic E-state index is 9.24. The minimum absolute atomic E-state index is 0.562. The third-order valence-electron chi connectivity index (χ3n) is 4.15. The number of rotatable bonds is 5. The molecule has 0 atom stereocenters. The van der Waals surface area contributed by atoms with Crippen LogP contribution in [0.25, 0.3) is 0 Å². The zero-order valence-electron chi connectivity index (χ0n) is 13.0. The zero-order chi connectivity index (χ0) is 16.0. The van der Waals surface area contributed by atoms with Gasteiger partial charge in [0, 0.05) is 0 Å². The lowest BCUT2D eigenvalue weighted by molar-refractivity contribution is 1.23. The van der Waals surface area contributed by atoms with Crippen LogP contribution >= 0.6 is 7.26 Å². The lowest BCUT2D eigenvalue weighted by Crippen LogP contribution is -2.33. The minimum Gasteiger partial charge on any atom is -0.198 e. The summed E-state index contributed by atoms with van der Waals surface area (Å²) in [5, 5.41) is 13.3. The maximum Gasteiger partial charge on any atom is 0.113 e. The van der Waals surface area contributed by atoms with Crippen LogP contribution in [0.5, 0.6) is 0 Å². The van der Waals surface area contributed by atoms with E-state index in [2.05, 4.69) is 97.1 Å². The molecule has 0 aliphatic carbocycles. The Morgan fingerprint density at radius 3 is 1.26 bits per heavy atom. The zero-order valence-corrected chi connectivity index (χ0v) is 13.9. The molecule has 0 spiro atoms. The van der Waals surface area contributed by atoms with E-state index in [4.69, 9.17) is 0 Å². The van der Waals surface area contributed by atoms with Crippen LogP contribution in [-0.4, -0.2) is 6.16 Å². The highest BCUT2D eigenvalue weighted by atomic mass is 31.2. The Morgan fingerprint density at radius 1 is 0.609 bits per heavy atom. The van der Waals surface area contributed by atoms with E-state index in [-0.39, 0.29) is 0 Å². The molecule has 0 aromatic heterocycles. The molecular formula is C21H19NP+. The van der Waals surface area contributed by atoms with Crippen LogP contribution in [0, 0.1) is 11.3 Å². The number of nitrogens with zero attached hydrogens (tertiary/aromatic N) is 1. The quantitative estimate of drug-likeness (QED) is 0.655. The molecule has 3 rings (SSSR count). The fourth-order valence-corrected chi connectivity index (χ4v) is 7.25. The first-order valence-electron chi connectivity index (χ1n) is 7.80. The summed E-state index contributed by atoms with van der Waals surface area (Å²) in [6.45, 7) is 0. The van der Waals surface area contributed by atoms with Gasteiger partial charge in [-0.15, -0.1) is 0 Å². The molecule has 3 aromatic rings. The molecule has 0 heterocycles. The highest BCUT2D eigenvalue weighted by Crippen LogP contribution is 2.55. The molecule has 0 radical (unpaired) electrons. The summed E-state index contributed by atoms with van der Waals surface area (Å²) in [7, 11) is -1.79. The van der Waals surface area contributed by atoms with Crippen molar-refractivity contribution in [1.29, 1.82) is 5.26 Å². The summed E-state index contributed by atoms with van der Waals surface area (Å²) in [6.07, 6.45) is 1.44. The molecule has 112 valence electrons. The largest absolute Gasteiger partial charge is 0.198 e. The maximum atomic E-state index is 9.24. The van der Waals surface area contributed by atoms with E-state index < -0.39 is 7.26 Å². The Labute approximate surface area is 138 Å². The number of nitriles is 1. The normalized spacial score (nSPS) is 10.9. The average Bonchev–Trinajstić information content (AvgIpc) is 2.65. The van der Waals surface area contributed by atoms with Gasteiger partial charge in [0.15, 0.2) is 0 Å². The minimum atomic E-state index is -1.79. The fourth-order valence-electron chi connectivity index (χ4n) is 3.10. The second-order valence-corrected chi connectivity index (χ2v) is 9.06. The van der Waals surface area contributed by atoms with E-state index in [1.54, 1.807) is 0 Å². The summed E-state index contributed by atoms with van der Waals surface area (Å²) in [5.74, 6) is 0. The van der Waals surface area contributed by atoms with Gasteiger partial charge in [-0.25, -0.2) is 0 Å². The van der Waals surface area contributed by atoms with Gasteiger partial charge in [0.25, 0.3) is 0 Å². The van der Waals surface area contributed by atoms with Crippen molar-refractivity contribution in [3.05, 3.63) is 91.0 Å². The SMILES string of the molecule is N#CCC[P+](c1ccccc1)(c1ccccc1)c1ccccc1. The Morgan fingerprint density at radius 2 is 0.957 bits per heavy atom. The molecule has 0 fully saturated rings. The van der Waals surface area contributed by atoms with Crippen molar-refractivity contribution in [2.75, 3.05) is 6.16 Å². The van der Waals surface area contributed by atoms with Gasteiger partial charge >= 0.3 is 0 Å². The van der Waals surface area contributed by atoms with Crippen molar-refractivity contribution < 1.29 is 0 Å². The van der Waals surface area contributed by atoms with Gasteiger partial charge < -0.3 is 0 Å². The summed E-state index contributed by atoms with van der Waals surface area (Å²) in [5.41, 5.74) is 0. The van der Waals surface area contributed by atoms with Crippen molar-refractivity contribution in [3.63, 3.8) is 0 Å². The molecule has 1 nitrogen and oxygen atoms in total. The predicted octanol–water partition coefficient (Wildman–Crippen LogP) is 3.89. The average molecular weight is 316 g/mol. The molecule has 2 heteroatoms. The molecular weight excluding hydrogens is 297 g/mol. The summed E-state index contributed by atoms with van der Waals surface area (Å²) < 4.78 is 0. The first-order valence-corrected chi connectivity index (χ1v) is 9.77. The third-order valence-corrected chi connectivity index (χ3v) is 8.58. The number of benzene rings is 3. The number of hydrogen-bond donors (Lipinski definition) is 0. The number of hydrogen-bond acceptors (Lipinski definition) is 1. The summed E-state index contributed by atoms with van der Waals surface area (Å²) in [6, 6.07) is 34.4. The molecule has 3 aromatic carbocycles. The van der Waals surface area contributed by atoms with Crippen molar-refractivity contribution in [1.82, 2.24) is 0 Å². The molecule has 0 bridgehead atoms. The molecule has 0 N–H and O–H groups in total. The van der Waals surface area contributed by atoms with Crippen LogP contribution in [0.4, 0.5) is 0 Å². The third kappa shape index (κ3) is 3.04. The van der Waals surface area contributed by atoms with Crippen molar-refractivity contribution in [3.8, 4) is 6.07 Å². The highest BCUT2D eigenvalue weighted by molar-refractivity contribution is 7.95. The monoisotopic (exact) mass is 316 g/mol. The Bertz CT molecular complexity index is 680. The van der Waals surface area contributed by atoms with Crippen LogP contribution in [0.2, 0.25) is 0 Å². The summed E-state index contributed by atoms with van der Waals surface area (Å²) in [4.78, 5) is 0. The Hall–Kier alpha value is -2.42. The van der Waals surface area contributed by atoms with Gasteiger partial charge in [-0.05, 0) is 36.4 Å². The molecule has 0 amide bonds. The predicted molar refractivity (Wildman–Crippen MR) is 100 cm³/mol. The van der Waals surface area contributed by atoms with E-state index >= 15 is 0 Å². The van der Waals surface area contributed by atoms with Gasteiger partial charge in [0.1, 0.15) is 23.2 Å². The molecule has 0 aliphatic rings. The van der Waals surface area contributed by atoms with E-state index in [9.17, 15) is 5.26 Å². The van der Waals surface area contributed by atoms with Gasteiger partial charge in [0.05, 0.1) is 18.7 Å². The van der Waals surface area contributed by atoms with Crippen LogP contribution in [-0.2, 0) is 0 Å². The van der Waals surface area contributed by atoms with E-state index in [1.165, 1.54) is 15.9 Å². The molecule has 0 saturated carbocycles. The van der Waals surface area contributed by atoms with E-state index in [0.717, 1.165) is 6.16 Å². The van der Waals surface area contributed by atoms with E-state index in [1.807, 2.05) is 0 Å². The van der Waals surface area contributed by atoms with Gasteiger partial charge in [-0.1, -0.05) is 54.6 Å². The van der Waals surface area contributed by atoms with Gasteiger partial charge in [0.2, 0.25) is 0 Å². The topological polar surface area (TPSA) is 23.8 Å². The Kier molecular flexibility index (Phi) is 4.86. The highest BCUT2D eigenvalue weighted by Gasteiger charge is 2.44. The first-order chi connectivity index (χ1) is 11.4. The van der Waals surface area contributed by atoms with Crippen molar-refractivity contribution >= 4 is 23.2 Å². The lowest BCUT2D eigenvalue weighted by atomic mass is 10.4. The molecule has 0 saturated heterocycles. The smallest absolute Gasteiger partial charge is 0.113 e. The van der Waals surface area contributed by atoms with Crippen molar-refractivity contribution in [2.24, 2.45) is 0 Å². The summed E-state index contributed by atoms with van der Waals surface area (Å²) >= 11 is 0. The van der Waals surface area contributed by atoms with Crippen LogP contribution < -0.4 is 15.9 Å². The second-order valence-electron chi connectivity index (χ2n) is 5.45.